The lowest BCUT2D eigenvalue weighted by atomic mass is 10.0. The summed E-state index contributed by atoms with van der Waals surface area (Å²) in [4.78, 5) is 27.6. The predicted molar refractivity (Wildman–Crippen MR) is 152 cm³/mol. The topological polar surface area (TPSA) is 109 Å². The van der Waals surface area contributed by atoms with Crippen LogP contribution >= 0.6 is 0 Å². The highest BCUT2D eigenvalue weighted by atomic mass is 16.3. The Bertz CT molecular complexity index is 1240. The summed E-state index contributed by atoms with van der Waals surface area (Å²) in [5, 5.41) is 21.1. The van der Waals surface area contributed by atoms with Gasteiger partial charge in [-0.25, -0.2) is 5.43 Å². The summed E-state index contributed by atoms with van der Waals surface area (Å²) in [5.41, 5.74) is 8.43. The minimum Gasteiger partial charge on any atom is -0.393 e. The molecule has 0 spiro atoms. The zero-order chi connectivity index (χ0) is 27.4. The van der Waals surface area contributed by atoms with Crippen LogP contribution in [0.4, 0.5) is 5.69 Å². The first-order valence-corrected chi connectivity index (χ1v) is 13.7. The second-order valence-corrected chi connectivity index (χ2v) is 10.6. The summed E-state index contributed by atoms with van der Waals surface area (Å²) in [7, 11) is 1.88. The van der Waals surface area contributed by atoms with Gasteiger partial charge in [0.15, 0.2) is 0 Å². The molecule has 9 nitrogen and oxygen atoms in total. The van der Waals surface area contributed by atoms with Crippen LogP contribution in [-0.2, 0) is 4.79 Å². The number of aliphatic hydroxyl groups excluding tert-OH is 1. The number of allylic oxidation sites excluding steroid dienone is 5. The SMILES string of the molecule is CC1NN(C)C=C1C(=O)NC1=CCC(NC2=CC=C(NC(=O)c3ccc(N4CCC(O)CC4)cc3)CC2)C=C1. The molecule has 4 aliphatic rings. The van der Waals surface area contributed by atoms with Crippen molar-refractivity contribution in [2.45, 2.75) is 57.2 Å². The van der Waals surface area contributed by atoms with Gasteiger partial charge in [0.2, 0.25) is 0 Å². The van der Waals surface area contributed by atoms with Crippen molar-refractivity contribution in [1.29, 1.82) is 0 Å². The molecule has 1 aromatic rings. The van der Waals surface area contributed by atoms with Crippen molar-refractivity contribution >= 4 is 17.5 Å². The maximum absolute atomic E-state index is 12.8. The molecule has 2 aliphatic heterocycles. The number of aliphatic hydroxyl groups is 1. The summed E-state index contributed by atoms with van der Waals surface area (Å²) in [6.45, 7) is 3.63. The van der Waals surface area contributed by atoms with Crippen molar-refractivity contribution in [1.82, 2.24) is 26.4 Å². The Hall–Kier alpha value is -3.82. The quantitative estimate of drug-likeness (QED) is 0.369. The average Bonchev–Trinajstić information content (AvgIpc) is 3.29. The zero-order valence-electron chi connectivity index (χ0n) is 22.6. The molecule has 0 aromatic heterocycles. The van der Waals surface area contributed by atoms with Gasteiger partial charge >= 0.3 is 0 Å². The fraction of sp³-hybridized carbons (Fsp3) is 0.400. The standard InChI is InChI=1S/C30H38N6O3/c1-20-28(19-35(2)34-20)30(39)33-25-11-7-23(8-12-25)31-22-5-9-24(10-6-22)32-29(38)21-3-13-26(14-4-21)36-17-15-27(37)16-18-36/h3-5,7,9,11-14,19-20,23,27,31,34,37H,6,8,10,15-18H2,1-2H3,(H,32,38)(H,33,39). The molecule has 1 aromatic carbocycles. The molecule has 1 fully saturated rings. The molecule has 39 heavy (non-hydrogen) atoms. The van der Waals surface area contributed by atoms with Gasteiger partial charge in [-0.1, -0.05) is 12.2 Å². The number of hydrazine groups is 1. The Labute approximate surface area is 230 Å². The van der Waals surface area contributed by atoms with Crippen LogP contribution in [0.1, 0.15) is 49.4 Å². The van der Waals surface area contributed by atoms with Gasteiger partial charge in [0.05, 0.1) is 17.7 Å². The largest absolute Gasteiger partial charge is 0.393 e. The van der Waals surface area contributed by atoms with E-state index >= 15 is 0 Å². The molecule has 9 heteroatoms. The summed E-state index contributed by atoms with van der Waals surface area (Å²) in [5.74, 6) is -0.193. The lowest BCUT2D eigenvalue weighted by Crippen LogP contribution is -2.35. The zero-order valence-corrected chi connectivity index (χ0v) is 22.6. The Kier molecular flexibility index (Phi) is 8.18. The number of benzene rings is 1. The Morgan fingerprint density at radius 1 is 1.00 bits per heavy atom. The Morgan fingerprint density at radius 2 is 1.72 bits per heavy atom. The number of nitrogens with one attached hydrogen (secondary N) is 4. The smallest absolute Gasteiger partial charge is 0.255 e. The van der Waals surface area contributed by atoms with Crippen LogP contribution in [0.3, 0.4) is 0 Å². The van der Waals surface area contributed by atoms with E-state index < -0.39 is 0 Å². The number of piperidine rings is 1. The van der Waals surface area contributed by atoms with E-state index in [9.17, 15) is 14.7 Å². The number of hydrogen-bond donors (Lipinski definition) is 5. The van der Waals surface area contributed by atoms with Crippen molar-refractivity contribution in [3.05, 3.63) is 89.1 Å². The molecule has 2 atom stereocenters. The van der Waals surface area contributed by atoms with Gasteiger partial charge in [-0.3, -0.25) is 9.59 Å². The van der Waals surface area contributed by atoms with Gasteiger partial charge in [0.25, 0.3) is 11.8 Å². The van der Waals surface area contributed by atoms with Crippen LogP contribution < -0.4 is 26.3 Å². The van der Waals surface area contributed by atoms with E-state index in [1.807, 2.05) is 68.7 Å². The number of carbonyl (C=O) groups is 2. The first-order valence-electron chi connectivity index (χ1n) is 13.7. The highest BCUT2D eigenvalue weighted by Crippen LogP contribution is 2.22. The monoisotopic (exact) mass is 530 g/mol. The van der Waals surface area contributed by atoms with Crippen molar-refractivity contribution in [3.8, 4) is 0 Å². The molecule has 206 valence electrons. The average molecular weight is 531 g/mol. The van der Waals surface area contributed by atoms with E-state index in [4.69, 9.17) is 0 Å². The van der Waals surface area contributed by atoms with E-state index in [1.165, 1.54) is 0 Å². The summed E-state index contributed by atoms with van der Waals surface area (Å²) in [6.07, 6.45) is 15.6. The van der Waals surface area contributed by atoms with Gasteiger partial charge in [-0.2, -0.15) is 0 Å². The van der Waals surface area contributed by atoms with Crippen molar-refractivity contribution in [2.24, 2.45) is 0 Å². The van der Waals surface area contributed by atoms with Crippen LogP contribution in [0.15, 0.2) is 83.5 Å². The lowest BCUT2D eigenvalue weighted by molar-refractivity contribution is -0.117. The number of carbonyl (C=O) groups excluding carboxylic acids is 2. The van der Waals surface area contributed by atoms with Gasteiger partial charge < -0.3 is 31.0 Å². The van der Waals surface area contributed by atoms with E-state index in [1.54, 1.807) is 5.01 Å². The highest BCUT2D eigenvalue weighted by molar-refractivity contribution is 5.96. The van der Waals surface area contributed by atoms with Crippen LogP contribution in [0, 0.1) is 0 Å². The van der Waals surface area contributed by atoms with E-state index in [0.29, 0.717) is 11.1 Å². The van der Waals surface area contributed by atoms with Crippen LogP contribution in [0.2, 0.25) is 0 Å². The first-order chi connectivity index (χ1) is 18.8. The van der Waals surface area contributed by atoms with Gasteiger partial charge in [0, 0.05) is 60.7 Å². The van der Waals surface area contributed by atoms with E-state index in [0.717, 1.165) is 68.0 Å². The third-order valence-corrected chi connectivity index (χ3v) is 7.57. The second kappa shape index (κ2) is 11.9. The number of rotatable bonds is 7. The summed E-state index contributed by atoms with van der Waals surface area (Å²) >= 11 is 0. The van der Waals surface area contributed by atoms with Crippen LogP contribution in [0.25, 0.3) is 0 Å². The number of amides is 2. The molecule has 2 aliphatic carbocycles. The third kappa shape index (κ3) is 6.79. The third-order valence-electron chi connectivity index (χ3n) is 7.57. The molecule has 0 bridgehead atoms. The van der Waals surface area contributed by atoms with Gasteiger partial charge in [0.1, 0.15) is 0 Å². The summed E-state index contributed by atoms with van der Waals surface area (Å²) in [6, 6.07) is 7.83. The van der Waals surface area contributed by atoms with Crippen LogP contribution in [-0.4, -0.2) is 60.3 Å². The minimum absolute atomic E-state index is 0.0138. The van der Waals surface area contributed by atoms with E-state index in [-0.39, 0.29) is 30.0 Å². The number of nitrogens with zero attached hydrogens (tertiary/aromatic N) is 2. The minimum atomic E-state index is -0.202. The molecule has 2 heterocycles. The van der Waals surface area contributed by atoms with Gasteiger partial charge in [-0.05, 0) is 81.5 Å². The molecule has 2 unspecified atom stereocenters. The van der Waals surface area contributed by atoms with Crippen molar-refractivity contribution in [2.75, 3.05) is 25.0 Å². The van der Waals surface area contributed by atoms with Crippen molar-refractivity contribution in [3.63, 3.8) is 0 Å². The highest BCUT2D eigenvalue weighted by Gasteiger charge is 2.24. The maximum atomic E-state index is 12.8. The molecule has 2 amide bonds. The second-order valence-electron chi connectivity index (χ2n) is 10.6. The molecular weight excluding hydrogens is 492 g/mol. The fourth-order valence-electron chi connectivity index (χ4n) is 5.28. The Balaban J connectivity index is 1.08. The molecule has 5 rings (SSSR count). The van der Waals surface area contributed by atoms with Gasteiger partial charge in [-0.15, -0.1) is 0 Å². The van der Waals surface area contributed by atoms with Crippen LogP contribution in [0.5, 0.6) is 0 Å². The normalized spacial score (nSPS) is 23.5. The lowest BCUT2D eigenvalue weighted by Gasteiger charge is -2.31. The number of anilines is 1. The van der Waals surface area contributed by atoms with E-state index in [2.05, 4.69) is 32.4 Å². The maximum Gasteiger partial charge on any atom is 0.255 e. The predicted octanol–water partition coefficient (Wildman–Crippen LogP) is 2.58. The first kappa shape index (κ1) is 26.8. The summed E-state index contributed by atoms with van der Waals surface area (Å²) < 4.78 is 0. The molecule has 5 N–H and O–H groups in total. The molecule has 0 radical (unpaired) electrons. The Morgan fingerprint density at radius 3 is 2.33 bits per heavy atom. The molecular formula is C30H38N6O3. The fourth-order valence-corrected chi connectivity index (χ4v) is 5.28. The number of hydrogen-bond acceptors (Lipinski definition) is 7. The molecule has 0 saturated carbocycles. The van der Waals surface area contributed by atoms with Crippen molar-refractivity contribution < 1.29 is 14.7 Å². The molecule has 1 saturated heterocycles.